The zero-order valence-corrected chi connectivity index (χ0v) is 11.0. The average molecular weight is 309 g/mol. The van der Waals surface area contributed by atoms with E-state index in [1.165, 1.54) is 0 Å². The van der Waals surface area contributed by atoms with Gasteiger partial charge in [-0.1, -0.05) is 11.6 Å². The van der Waals surface area contributed by atoms with Gasteiger partial charge >= 0.3 is 0 Å². The topological polar surface area (TPSA) is 48.7 Å². The number of rotatable bonds is 2. The fourth-order valence-electron chi connectivity index (χ4n) is 1.32. The van der Waals surface area contributed by atoms with Gasteiger partial charge in [0, 0.05) is 15.7 Å². The van der Waals surface area contributed by atoms with Crippen LogP contribution in [-0.4, -0.2) is 4.98 Å². The number of nitrogens with one attached hydrogen (secondary N) is 1. The summed E-state index contributed by atoms with van der Waals surface area (Å²) >= 11 is 9.31. The normalized spacial score (nSPS) is 9.71. The Kier molecular flexibility index (Phi) is 3.62. The van der Waals surface area contributed by atoms with E-state index in [0.717, 1.165) is 10.2 Å². The van der Waals surface area contributed by atoms with Crippen LogP contribution in [0.1, 0.15) is 5.56 Å². The first-order valence-electron chi connectivity index (χ1n) is 4.78. The van der Waals surface area contributed by atoms with Gasteiger partial charge in [0.15, 0.2) is 0 Å². The van der Waals surface area contributed by atoms with Gasteiger partial charge in [0.1, 0.15) is 11.9 Å². The molecule has 84 valence electrons. The molecule has 17 heavy (non-hydrogen) atoms. The number of benzene rings is 1. The van der Waals surface area contributed by atoms with Crippen LogP contribution in [-0.2, 0) is 0 Å². The summed E-state index contributed by atoms with van der Waals surface area (Å²) < 4.78 is 0.858. The minimum Gasteiger partial charge on any atom is -0.338 e. The molecule has 0 aliphatic carbocycles. The molecule has 0 unspecified atom stereocenters. The summed E-state index contributed by atoms with van der Waals surface area (Å²) in [5, 5.41) is 12.6. The summed E-state index contributed by atoms with van der Waals surface area (Å²) in [5.41, 5.74) is 1.26. The van der Waals surface area contributed by atoms with Crippen molar-refractivity contribution in [1.29, 1.82) is 5.26 Å². The number of halogens is 2. The highest BCUT2D eigenvalue weighted by molar-refractivity contribution is 9.10. The van der Waals surface area contributed by atoms with Gasteiger partial charge in [-0.25, -0.2) is 4.98 Å². The maximum Gasteiger partial charge on any atom is 0.148 e. The van der Waals surface area contributed by atoms with Crippen molar-refractivity contribution in [2.24, 2.45) is 0 Å². The van der Waals surface area contributed by atoms with Crippen LogP contribution < -0.4 is 5.32 Å². The Morgan fingerprint density at radius 1 is 1.35 bits per heavy atom. The largest absolute Gasteiger partial charge is 0.338 e. The fraction of sp³-hybridized carbons (Fsp3) is 0. The van der Waals surface area contributed by atoms with Gasteiger partial charge < -0.3 is 5.32 Å². The van der Waals surface area contributed by atoms with Crippen LogP contribution in [0.3, 0.4) is 0 Å². The van der Waals surface area contributed by atoms with Crippen molar-refractivity contribution in [1.82, 2.24) is 4.98 Å². The van der Waals surface area contributed by atoms with E-state index in [4.69, 9.17) is 16.9 Å². The fourth-order valence-corrected chi connectivity index (χ4v) is 1.83. The molecule has 0 atom stereocenters. The van der Waals surface area contributed by atoms with Crippen LogP contribution in [0, 0.1) is 11.3 Å². The number of hydrogen-bond donors (Lipinski definition) is 1. The second-order valence-corrected chi connectivity index (χ2v) is 4.55. The van der Waals surface area contributed by atoms with Crippen LogP contribution in [0.5, 0.6) is 0 Å². The summed E-state index contributed by atoms with van der Waals surface area (Å²) in [6.07, 6.45) is 1.63. The second-order valence-electron chi connectivity index (χ2n) is 3.26. The highest BCUT2D eigenvalue weighted by atomic mass is 79.9. The van der Waals surface area contributed by atoms with Gasteiger partial charge in [-0.05, 0) is 46.3 Å². The first kappa shape index (κ1) is 11.9. The van der Waals surface area contributed by atoms with E-state index in [1.807, 2.05) is 6.07 Å². The maximum absolute atomic E-state index is 8.95. The molecular weight excluding hydrogens is 302 g/mol. The predicted octanol–water partition coefficient (Wildman–Crippen LogP) is 4.11. The first-order valence-corrected chi connectivity index (χ1v) is 5.95. The minimum atomic E-state index is 0.486. The van der Waals surface area contributed by atoms with E-state index in [1.54, 1.807) is 30.5 Å². The number of aromatic nitrogens is 1. The van der Waals surface area contributed by atoms with Crippen LogP contribution in [0.15, 0.2) is 41.0 Å². The van der Waals surface area contributed by atoms with Crippen molar-refractivity contribution < 1.29 is 0 Å². The number of anilines is 2. The lowest BCUT2D eigenvalue weighted by Gasteiger charge is -2.09. The number of nitriles is 1. The molecule has 5 heteroatoms. The molecule has 2 aromatic rings. The zero-order chi connectivity index (χ0) is 12.3. The van der Waals surface area contributed by atoms with Crippen LogP contribution in [0.2, 0.25) is 5.02 Å². The summed E-state index contributed by atoms with van der Waals surface area (Å²) in [6, 6.07) is 10.9. The lowest BCUT2D eigenvalue weighted by atomic mass is 10.2. The number of nitrogens with zero attached hydrogens (tertiary/aromatic N) is 2. The standard InChI is InChI=1S/C12H7BrClN3/c13-10-4-3-9(14)6-11(10)17-12-8(7-15)2-1-5-16-12/h1-6H,(H,16,17). The van der Waals surface area contributed by atoms with Crippen LogP contribution in [0.4, 0.5) is 11.5 Å². The molecular formula is C12H7BrClN3. The van der Waals surface area contributed by atoms with Crippen molar-refractivity contribution in [3.63, 3.8) is 0 Å². The molecule has 1 aromatic carbocycles. The van der Waals surface area contributed by atoms with E-state index < -0.39 is 0 Å². The summed E-state index contributed by atoms with van der Waals surface area (Å²) in [6.45, 7) is 0. The van der Waals surface area contributed by atoms with E-state index in [0.29, 0.717) is 16.4 Å². The average Bonchev–Trinajstić information content (AvgIpc) is 2.34. The summed E-state index contributed by atoms with van der Waals surface area (Å²) in [5.74, 6) is 0.512. The Balaban J connectivity index is 2.38. The van der Waals surface area contributed by atoms with Crippen molar-refractivity contribution in [2.75, 3.05) is 5.32 Å². The molecule has 3 nitrogen and oxygen atoms in total. The molecule has 0 saturated heterocycles. The van der Waals surface area contributed by atoms with E-state index in [-0.39, 0.29) is 0 Å². The van der Waals surface area contributed by atoms with Gasteiger partial charge in [-0.3, -0.25) is 0 Å². The van der Waals surface area contributed by atoms with Crippen LogP contribution in [0.25, 0.3) is 0 Å². The Hall–Kier alpha value is -1.57. The highest BCUT2D eigenvalue weighted by Crippen LogP contribution is 2.28. The van der Waals surface area contributed by atoms with E-state index in [2.05, 4.69) is 32.3 Å². The van der Waals surface area contributed by atoms with Crippen molar-refractivity contribution in [2.45, 2.75) is 0 Å². The molecule has 1 aromatic heterocycles. The van der Waals surface area contributed by atoms with E-state index >= 15 is 0 Å². The smallest absolute Gasteiger partial charge is 0.148 e. The third-order valence-electron chi connectivity index (χ3n) is 2.11. The van der Waals surface area contributed by atoms with Gasteiger partial charge in [-0.15, -0.1) is 0 Å². The van der Waals surface area contributed by atoms with Gasteiger partial charge in [0.05, 0.1) is 11.3 Å². The Labute approximate surface area is 112 Å². The second kappa shape index (κ2) is 5.17. The third kappa shape index (κ3) is 2.76. The number of hydrogen-bond acceptors (Lipinski definition) is 3. The van der Waals surface area contributed by atoms with Gasteiger partial charge in [0.2, 0.25) is 0 Å². The van der Waals surface area contributed by atoms with Crippen molar-refractivity contribution >= 4 is 39.0 Å². The molecule has 2 rings (SSSR count). The molecule has 0 fully saturated rings. The highest BCUT2D eigenvalue weighted by Gasteiger charge is 2.06. The van der Waals surface area contributed by atoms with Crippen molar-refractivity contribution in [3.8, 4) is 6.07 Å². The molecule has 0 spiro atoms. The lowest BCUT2D eigenvalue weighted by Crippen LogP contribution is -1.97. The quantitative estimate of drug-likeness (QED) is 0.908. The first-order chi connectivity index (χ1) is 8.20. The molecule has 0 bridgehead atoms. The SMILES string of the molecule is N#Cc1cccnc1Nc1cc(Cl)ccc1Br. The molecule has 1 N–H and O–H groups in total. The summed E-state index contributed by atoms with van der Waals surface area (Å²) in [7, 11) is 0. The van der Waals surface area contributed by atoms with E-state index in [9.17, 15) is 0 Å². The number of pyridine rings is 1. The molecule has 0 aliphatic heterocycles. The lowest BCUT2D eigenvalue weighted by molar-refractivity contribution is 1.28. The molecule has 0 aliphatic rings. The minimum absolute atomic E-state index is 0.486. The third-order valence-corrected chi connectivity index (χ3v) is 3.04. The molecule has 0 saturated carbocycles. The Morgan fingerprint density at radius 2 is 2.18 bits per heavy atom. The molecule has 1 heterocycles. The van der Waals surface area contributed by atoms with Gasteiger partial charge in [-0.2, -0.15) is 5.26 Å². The van der Waals surface area contributed by atoms with Gasteiger partial charge in [0.25, 0.3) is 0 Å². The maximum atomic E-state index is 8.95. The molecule has 0 amide bonds. The van der Waals surface area contributed by atoms with Crippen molar-refractivity contribution in [3.05, 3.63) is 51.6 Å². The monoisotopic (exact) mass is 307 g/mol. The summed E-state index contributed by atoms with van der Waals surface area (Å²) in [4.78, 5) is 4.12. The Bertz CT molecular complexity index is 593. The Morgan fingerprint density at radius 3 is 2.94 bits per heavy atom. The predicted molar refractivity (Wildman–Crippen MR) is 71.4 cm³/mol. The van der Waals surface area contributed by atoms with Crippen LogP contribution >= 0.6 is 27.5 Å². The molecule has 0 radical (unpaired) electrons. The zero-order valence-electron chi connectivity index (χ0n) is 8.61.